The molecule has 0 saturated carbocycles. The second-order valence-corrected chi connectivity index (χ2v) is 7.07. The average molecular weight is 503 g/mol. The van der Waals surface area contributed by atoms with Gasteiger partial charge in [-0.15, -0.1) is 0 Å². The predicted molar refractivity (Wildman–Crippen MR) is 104 cm³/mol. The van der Waals surface area contributed by atoms with Crippen LogP contribution in [-0.2, 0) is 16.2 Å². The number of carbonyl (C=O) groups is 1. The summed E-state index contributed by atoms with van der Waals surface area (Å²) in [4.78, 5) is 17.0. The number of pyridine rings is 1. The lowest BCUT2D eigenvalue weighted by atomic mass is 9.97. The summed E-state index contributed by atoms with van der Waals surface area (Å²) in [5, 5.41) is 0.778. The Balaban J connectivity index is 2.40. The third kappa shape index (κ3) is 3.73. The Morgan fingerprint density at radius 3 is 2.52 bits per heavy atom. The number of benzene rings is 2. The summed E-state index contributed by atoms with van der Waals surface area (Å²) in [6.45, 7) is 0. The quantitative estimate of drug-likeness (QED) is 0.309. The van der Waals surface area contributed by atoms with Crippen molar-refractivity contribution in [3.8, 4) is 11.3 Å². The molecule has 2 aromatic carbocycles. The maximum absolute atomic E-state index is 13.1. The molecular formula is C19H12Br2F3NO2. The van der Waals surface area contributed by atoms with Crippen LogP contribution in [0.5, 0.6) is 0 Å². The number of fused-ring (bicyclic) bond motifs is 1. The molecule has 0 spiro atoms. The number of alkyl halides is 4. The van der Waals surface area contributed by atoms with Crippen LogP contribution in [0.2, 0.25) is 0 Å². The maximum atomic E-state index is 13.1. The molecule has 3 aromatic rings. The first kappa shape index (κ1) is 19.8. The number of hydrogen-bond acceptors (Lipinski definition) is 3. The fourth-order valence-corrected chi connectivity index (χ4v) is 3.84. The van der Waals surface area contributed by atoms with E-state index in [2.05, 4.69) is 36.8 Å². The van der Waals surface area contributed by atoms with Crippen LogP contribution in [-0.4, -0.2) is 18.1 Å². The van der Waals surface area contributed by atoms with Gasteiger partial charge in [-0.25, -0.2) is 9.78 Å². The summed E-state index contributed by atoms with van der Waals surface area (Å²) in [5.41, 5.74) is 0.976. The lowest BCUT2D eigenvalue weighted by Gasteiger charge is -2.16. The lowest BCUT2D eigenvalue weighted by molar-refractivity contribution is -0.137. The van der Waals surface area contributed by atoms with Gasteiger partial charge in [0.25, 0.3) is 0 Å². The highest BCUT2D eigenvalue weighted by Gasteiger charge is 2.31. The molecule has 0 aliphatic rings. The molecule has 140 valence electrons. The first-order valence-corrected chi connectivity index (χ1v) is 9.62. The molecule has 0 bridgehead atoms. The van der Waals surface area contributed by atoms with Crippen LogP contribution in [0.25, 0.3) is 22.2 Å². The van der Waals surface area contributed by atoms with Gasteiger partial charge in [0.05, 0.1) is 29.4 Å². The van der Waals surface area contributed by atoms with Crippen LogP contribution in [0.15, 0.2) is 46.9 Å². The Kier molecular flexibility index (Phi) is 5.58. The van der Waals surface area contributed by atoms with Crippen molar-refractivity contribution >= 4 is 48.7 Å². The number of aromatic nitrogens is 1. The lowest BCUT2D eigenvalue weighted by Crippen LogP contribution is -2.10. The van der Waals surface area contributed by atoms with E-state index in [0.717, 1.165) is 12.1 Å². The Morgan fingerprint density at radius 2 is 1.89 bits per heavy atom. The molecule has 1 heterocycles. The van der Waals surface area contributed by atoms with Gasteiger partial charge >= 0.3 is 12.1 Å². The van der Waals surface area contributed by atoms with E-state index in [4.69, 9.17) is 4.74 Å². The monoisotopic (exact) mass is 501 g/mol. The third-order valence-corrected chi connectivity index (χ3v) is 5.25. The van der Waals surface area contributed by atoms with Gasteiger partial charge in [-0.2, -0.15) is 13.2 Å². The third-order valence-electron chi connectivity index (χ3n) is 4.05. The van der Waals surface area contributed by atoms with Crippen molar-refractivity contribution < 1.29 is 22.7 Å². The fourth-order valence-electron chi connectivity index (χ4n) is 2.84. The smallest absolute Gasteiger partial charge is 0.416 e. The van der Waals surface area contributed by atoms with Crippen LogP contribution in [0.1, 0.15) is 21.5 Å². The first-order chi connectivity index (χ1) is 12.8. The van der Waals surface area contributed by atoms with E-state index < -0.39 is 17.7 Å². The van der Waals surface area contributed by atoms with Crippen LogP contribution < -0.4 is 0 Å². The standard InChI is InChI=1S/C19H12Br2F3NO2/c1-27-18(26)15-12-6-3-7-14(21)17(12)25-16(13(15)9-20)10-4-2-5-11(8-10)19(22,23)24/h2-8H,9H2,1H3. The van der Waals surface area contributed by atoms with Gasteiger partial charge in [0.2, 0.25) is 0 Å². The molecule has 0 unspecified atom stereocenters. The summed E-state index contributed by atoms with van der Waals surface area (Å²) < 4.78 is 44.9. The van der Waals surface area contributed by atoms with E-state index in [1.807, 2.05) is 0 Å². The van der Waals surface area contributed by atoms with Crippen LogP contribution in [0, 0.1) is 0 Å². The van der Waals surface area contributed by atoms with Crippen molar-refractivity contribution in [2.24, 2.45) is 0 Å². The van der Waals surface area contributed by atoms with Gasteiger partial charge in [-0.3, -0.25) is 0 Å². The van der Waals surface area contributed by atoms with Gasteiger partial charge in [0.15, 0.2) is 0 Å². The highest BCUT2D eigenvalue weighted by molar-refractivity contribution is 9.10. The van der Waals surface area contributed by atoms with E-state index in [1.165, 1.54) is 19.2 Å². The molecule has 3 nitrogen and oxygen atoms in total. The van der Waals surface area contributed by atoms with Crippen LogP contribution >= 0.6 is 31.9 Å². The average Bonchev–Trinajstić information content (AvgIpc) is 2.65. The molecule has 1 aromatic heterocycles. The molecule has 3 rings (SSSR count). The normalized spacial score (nSPS) is 11.6. The summed E-state index contributed by atoms with van der Waals surface area (Å²) in [6, 6.07) is 10.1. The Bertz CT molecular complexity index is 1040. The molecule has 27 heavy (non-hydrogen) atoms. The number of carbonyl (C=O) groups excluding carboxylic acids is 1. The van der Waals surface area contributed by atoms with Crippen LogP contribution in [0.3, 0.4) is 0 Å². The number of methoxy groups -OCH3 is 1. The summed E-state index contributed by atoms with van der Waals surface area (Å²) in [6.07, 6.45) is -4.48. The van der Waals surface area contributed by atoms with Crippen molar-refractivity contribution in [1.29, 1.82) is 0 Å². The molecule has 8 heteroatoms. The number of hydrogen-bond donors (Lipinski definition) is 0. The number of rotatable bonds is 3. The zero-order valence-corrected chi connectivity index (χ0v) is 17.1. The minimum atomic E-state index is -4.48. The van der Waals surface area contributed by atoms with E-state index in [9.17, 15) is 18.0 Å². The topological polar surface area (TPSA) is 39.2 Å². The van der Waals surface area contributed by atoms with Crippen LogP contribution in [0.4, 0.5) is 13.2 Å². The molecule has 0 aliphatic heterocycles. The number of esters is 1. The van der Waals surface area contributed by atoms with Crippen molar-refractivity contribution in [1.82, 2.24) is 4.98 Å². The van der Waals surface area contributed by atoms with Gasteiger partial charge in [0, 0.05) is 26.3 Å². The molecule has 0 radical (unpaired) electrons. The minimum absolute atomic E-state index is 0.221. The molecule has 0 saturated heterocycles. The summed E-state index contributed by atoms with van der Waals surface area (Å²) >= 11 is 6.73. The zero-order chi connectivity index (χ0) is 19.8. The number of nitrogens with zero attached hydrogens (tertiary/aromatic N) is 1. The van der Waals surface area contributed by atoms with E-state index in [-0.39, 0.29) is 22.2 Å². The second kappa shape index (κ2) is 7.59. The van der Waals surface area contributed by atoms with Gasteiger partial charge in [-0.05, 0) is 34.1 Å². The molecule has 0 amide bonds. The molecule has 0 fully saturated rings. The summed E-state index contributed by atoms with van der Waals surface area (Å²) in [5.74, 6) is -0.580. The molecule has 0 atom stereocenters. The zero-order valence-electron chi connectivity index (χ0n) is 13.9. The number of halogens is 5. The molecular weight excluding hydrogens is 491 g/mol. The van der Waals surface area contributed by atoms with E-state index >= 15 is 0 Å². The second-order valence-electron chi connectivity index (χ2n) is 5.65. The van der Waals surface area contributed by atoms with Gasteiger partial charge < -0.3 is 4.74 Å². The highest BCUT2D eigenvalue weighted by Crippen LogP contribution is 2.37. The van der Waals surface area contributed by atoms with Crippen molar-refractivity contribution in [3.05, 3.63) is 63.6 Å². The number of para-hydroxylation sites is 1. The molecule has 0 N–H and O–H groups in total. The maximum Gasteiger partial charge on any atom is 0.416 e. The first-order valence-electron chi connectivity index (χ1n) is 7.71. The van der Waals surface area contributed by atoms with Gasteiger partial charge in [0.1, 0.15) is 0 Å². The SMILES string of the molecule is COC(=O)c1c(CBr)c(-c2cccc(C(F)(F)F)c2)nc2c(Br)cccc12. The Morgan fingerprint density at radius 1 is 1.19 bits per heavy atom. The number of ether oxygens (including phenoxy) is 1. The largest absolute Gasteiger partial charge is 0.465 e. The Hall–Kier alpha value is -1.93. The highest BCUT2D eigenvalue weighted by atomic mass is 79.9. The molecule has 0 aliphatic carbocycles. The fraction of sp³-hybridized carbons (Fsp3) is 0.158. The summed E-state index contributed by atoms with van der Waals surface area (Å²) in [7, 11) is 1.26. The van der Waals surface area contributed by atoms with Gasteiger partial charge in [-0.1, -0.05) is 40.2 Å². The van der Waals surface area contributed by atoms with Crippen molar-refractivity contribution in [3.63, 3.8) is 0 Å². The van der Waals surface area contributed by atoms with E-state index in [0.29, 0.717) is 20.9 Å². The predicted octanol–water partition coefficient (Wildman–Crippen LogP) is 6.36. The van der Waals surface area contributed by atoms with Crippen molar-refractivity contribution in [2.75, 3.05) is 7.11 Å². The van der Waals surface area contributed by atoms with E-state index in [1.54, 1.807) is 18.2 Å². The minimum Gasteiger partial charge on any atom is -0.465 e. The Labute approximate surface area is 169 Å². The van der Waals surface area contributed by atoms with Crippen molar-refractivity contribution in [2.45, 2.75) is 11.5 Å².